The van der Waals surface area contributed by atoms with E-state index in [9.17, 15) is 8.42 Å². The SMILES string of the molecule is CS(=O)(=O)OCCSc1ccc2ccccc2c1. The third kappa shape index (κ3) is 4.01. The van der Waals surface area contributed by atoms with Gasteiger partial charge in [-0.3, -0.25) is 4.18 Å². The molecule has 0 aromatic heterocycles. The second kappa shape index (κ2) is 5.73. The maximum atomic E-state index is 10.8. The Labute approximate surface area is 111 Å². The molecule has 0 N–H and O–H groups in total. The Bertz CT molecular complexity index is 635. The summed E-state index contributed by atoms with van der Waals surface area (Å²) in [4.78, 5) is 1.12. The summed E-state index contributed by atoms with van der Waals surface area (Å²) in [5, 5.41) is 2.39. The summed E-state index contributed by atoms with van der Waals surface area (Å²) in [7, 11) is -3.33. The van der Waals surface area contributed by atoms with Gasteiger partial charge in [0.05, 0.1) is 12.9 Å². The summed E-state index contributed by atoms with van der Waals surface area (Å²) in [6, 6.07) is 14.3. The lowest BCUT2D eigenvalue weighted by molar-refractivity contribution is 0.345. The van der Waals surface area contributed by atoms with Crippen LogP contribution in [-0.4, -0.2) is 27.0 Å². The number of rotatable bonds is 5. The van der Waals surface area contributed by atoms with Gasteiger partial charge in [-0.1, -0.05) is 30.3 Å². The van der Waals surface area contributed by atoms with E-state index >= 15 is 0 Å². The molecular weight excluding hydrogens is 268 g/mol. The fourth-order valence-corrected chi connectivity index (χ4v) is 2.87. The van der Waals surface area contributed by atoms with Crippen LogP contribution in [0, 0.1) is 0 Å². The van der Waals surface area contributed by atoms with E-state index in [0.717, 1.165) is 11.2 Å². The van der Waals surface area contributed by atoms with Gasteiger partial charge in [0.1, 0.15) is 0 Å². The summed E-state index contributed by atoms with van der Waals surface area (Å²) >= 11 is 1.59. The fourth-order valence-electron chi connectivity index (χ4n) is 1.60. The van der Waals surface area contributed by atoms with Crippen LogP contribution in [0.5, 0.6) is 0 Å². The Kier molecular flexibility index (Phi) is 4.27. The first-order chi connectivity index (χ1) is 8.54. The van der Waals surface area contributed by atoms with E-state index in [1.807, 2.05) is 18.2 Å². The van der Waals surface area contributed by atoms with Crippen LogP contribution in [0.3, 0.4) is 0 Å². The van der Waals surface area contributed by atoms with Gasteiger partial charge in [-0.05, 0) is 22.9 Å². The highest BCUT2D eigenvalue weighted by atomic mass is 32.2. The summed E-state index contributed by atoms with van der Waals surface area (Å²) in [6.07, 6.45) is 1.06. The zero-order valence-electron chi connectivity index (χ0n) is 10.00. The summed E-state index contributed by atoms with van der Waals surface area (Å²) in [5.41, 5.74) is 0. The van der Waals surface area contributed by atoms with Gasteiger partial charge in [0.15, 0.2) is 0 Å². The minimum atomic E-state index is -3.33. The van der Waals surface area contributed by atoms with Crippen molar-refractivity contribution in [3.63, 3.8) is 0 Å². The Morgan fingerprint density at radius 2 is 1.83 bits per heavy atom. The van der Waals surface area contributed by atoms with Crippen LogP contribution in [-0.2, 0) is 14.3 Å². The highest BCUT2D eigenvalue weighted by Crippen LogP contribution is 2.23. The van der Waals surface area contributed by atoms with E-state index in [2.05, 4.69) is 28.4 Å². The molecule has 2 rings (SSSR count). The van der Waals surface area contributed by atoms with Crippen LogP contribution in [0.15, 0.2) is 47.4 Å². The summed E-state index contributed by atoms with van der Waals surface area (Å²) < 4.78 is 26.3. The highest BCUT2D eigenvalue weighted by Gasteiger charge is 2.02. The molecule has 0 aliphatic carbocycles. The van der Waals surface area contributed by atoms with Crippen molar-refractivity contribution in [3.05, 3.63) is 42.5 Å². The number of hydrogen-bond donors (Lipinski definition) is 0. The maximum Gasteiger partial charge on any atom is 0.264 e. The second-order valence-electron chi connectivity index (χ2n) is 3.88. The molecule has 0 atom stereocenters. The van der Waals surface area contributed by atoms with Gasteiger partial charge in [-0.2, -0.15) is 8.42 Å². The predicted octanol–water partition coefficient (Wildman–Crippen LogP) is 2.91. The Balaban J connectivity index is 1.96. The third-order valence-corrected chi connectivity index (χ3v) is 3.92. The summed E-state index contributed by atoms with van der Waals surface area (Å²) in [6.45, 7) is 0.205. The van der Waals surface area contributed by atoms with Crippen molar-refractivity contribution in [2.75, 3.05) is 18.6 Å². The number of thioether (sulfide) groups is 1. The molecule has 0 saturated carbocycles. The molecular formula is C13H14O3S2. The van der Waals surface area contributed by atoms with Gasteiger partial charge in [0.2, 0.25) is 0 Å². The molecule has 0 bridgehead atoms. The number of hydrogen-bond acceptors (Lipinski definition) is 4. The van der Waals surface area contributed by atoms with E-state index in [4.69, 9.17) is 0 Å². The van der Waals surface area contributed by atoms with Crippen molar-refractivity contribution in [1.29, 1.82) is 0 Å². The molecule has 0 radical (unpaired) electrons. The molecule has 0 aliphatic heterocycles. The fraction of sp³-hybridized carbons (Fsp3) is 0.231. The Morgan fingerprint density at radius 1 is 1.11 bits per heavy atom. The summed E-state index contributed by atoms with van der Waals surface area (Å²) in [5.74, 6) is 0.616. The van der Waals surface area contributed by atoms with E-state index in [-0.39, 0.29) is 6.61 Å². The van der Waals surface area contributed by atoms with Gasteiger partial charge in [-0.15, -0.1) is 11.8 Å². The zero-order chi connectivity index (χ0) is 13.0. The van der Waals surface area contributed by atoms with E-state index in [1.54, 1.807) is 11.8 Å². The number of fused-ring (bicyclic) bond motifs is 1. The molecule has 0 heterocycles. The predicted molar refractivity (Wildman–Crippen MR) is 75.5 cm³/mol. The van der Waals surface area contributed by atoms with Crippen LogP contribution in [0.25, 0.3) is 10.8 Å². The topological polar surface area (TPSA) is 43.4 Å². The molecule has 0 unspecified atom stereocenters. The van der Waals surface area contributed by atoms with Crippen LogP contribution in [0.4, 0.5) is 0 Å². The van der Waals surface area contributed by atoms with Crippen molar-refractivity contribution >= 4 is 32.7 Å². The standard InChI is InChI=1S/C13H14O3S2/c1-18(14,15)16-8-9-17-13-7-6-11-4-2-3-5-12(11)10-13/h2-7,10H,8-9H2,1H3. The molecule has 0 spiro atoms. The van der Waals surface area contributed by atoms with Crippen LogP contribution in [0.1, 0.15) is 0 Å². The average molecular weight is 282 g/mol. The van der Waals surface area contributed by atoms with Crippen LogP contribution < -0.4 is 0 Å². The lowest BCUT2D eigenvalue weighted by atomic mass is 10.1. The normalized spacial score (nSPS) is 11.8. The Morgan fingerprint density at radius 3 is 2.56 bits per heavy atom. The van der Waals surface area contributed by atoms with Crippen LogP contribution >= 0.6 is 11.8 Å². The first-order valence-corrected chi connectivity index (χ1v) is 8.31. The molecule has 2 aromatic rings. The van der Waals surface area contributed by atoms with Crippen molar-refractivity contribution in [1.82, 2.24) is 0 Å². The molecule has 18 heavy (non-hydrogen) atoms. The molecule has 0 saturated heterocycles. The molecule has 3 nitrogen and oxygen atoms in total. The average Bonchev–Trinajstić information content (AvgIpc) is 2.33. The van der Waals surface area contributed by atoms with Gasteiger partial charge in [-0.25, -0.2) is 0 Å². The van der Waals surface area contributed by atoms with Crippen molar-refractivity contribution in [2.45, 2.75) is 4.90 Å². The quantitative estimate of drug-likeness (QED) is 0.480. The smallest absolute Gasteiger partial charge is 0.264 e. The van der Waals surface area contributed by atoms with E-state index in [1.165, 1.54) is 10.8 Å². The lowest BCUT2D eigenvalue weighted by Crippen LogP contribution is -2.05. The molecule has 96 valence electrons. The molecule has 2 aromatic carbocycles. The van der Waals surface area contributed by atoms with Crippen molar-refractivity contribution in [3.8, 4) is 0 Å². The minimum Gasteiger partial charge on any atom is -0.269 e. The molecule has 5 heteroatoms. The minimum absolute atomic E-state index is 0.205. The van der Waals surface area contributed by atoms with Gasteiger partial charge in [0, 0.05) is 10.6 Å². The molecule has 0 fully saturated rings. The van der Waals surface area contributed by atoms with E-state index in [0.29, 0.717) is 5.75 Å². The lowest BCUT2D eigenvalue weighted by Gasteiger charge is -2.04. The van der Waals surface area contributed by atoms with Gasteiger partial charge >= 0.3 is 0 Å². The van der Waals surface area contributed by atoms with E-state index < -0.39 is 10.1 Å². The highest BCUT2D eigenvalue weighted by molar-refractivity contribution is 7.99. The van der Waals surface area contributed by atoms with Gasteiger partial charge in [0.25, 0.3) is 10.1 Å². The number of benzene rings is 2. The van der Waals surface area contributed by atoms with Crippen LogP contribution in [0.2, 0.25) is 0 Å². The van der Waals surface area contributed by atoms with Gasteiger partial charge < -0.3 is 0 Å². The molecule has 0 aliphatic rings. The molecule has 0 amide bonds. The first kappa shape index (κ1) is 13.4. The second-order valence-corrected chi connectivity index (χ2v) is 6.70. The third-order valence-electron chi connectivity index (χ3n) is 2.37. The Hall–Kier alpha value is -1.04. The zero-order valence-corrected chi connectivity index (χ0v) is 11.6. The maximum absolute atomic E-state index is 10.8. The van der Waals surface area contributed by atoms with Crippen molar-refractivity contribution < 1.29 is 12.6 Å². The first-order valence-electron chi connectivity index (χ1n) is 5.51. The van der Waals surface area contributed by atoms with Crippen molar-refractivity contribution in [2.24, 2.45) is 0 Å². The monoisotopic (exact) mass is 282 g/mol. The largest absolute Gasteiger partial charge is 0.269 e.